The van der Waals surface area contributed by atoms with Crippen LogP contribution in [0.15, 0.2) is 48.9 Å². The first-order valence-electron chi connectivity index (χ1n) is 7.93. The highest BCUT2D eigenvalue weighted by atomic mass is 35.5. The molecule has 0 saturated carbocycles. The molecule has 1 amide bonds. The predicted molar refractivity (Wildman–Crippen MR) is 98.2 cm³/mol. The Kier molecular flexibility index (Phi) is 4.86. The first-order valence-corrected chi connectivity index (χ1v) is 8.31. The van der Waals surface area contributed by atoms with E-state index in [0.29, 0.717) is 22.6 Å². The van der Waals surface area contributed by atoms with Gasteiger partial charge in [-0.05, 0) is 36.2 Å². The third-order valence-corrected chi connectivity index (χ3v) is 4.40. The minimum absolute atomic E-state index is 0.124. The quantitative estimate of drug-likeness (QED) is 0.717. The third kappa shape index (κ3) is 3.56. The molecule has 0 aliphatic heterocycles. The fourth-order valence-corrected chi connectivity index (χ4v) is 2.95. The van der Waals surface area contributed by atoms with E-state index in [9.17, 15) is 9.59 Å². The Morgan fingerprint density at radius 3 is 2.60 bits per heavy atom. The lowest BCUT2D eigenvalue weighted by Crippen LogP contribution is -2.28. The molecule has 0 aliphatic carbocycles. The minimum atomic E-state index is -0.161. The molecule has 0 aliphatic rings. The van der Waals surface area contributed by atoms with Gasteiger partial charge in [-0.1, -0.05) is 17.7 Å². The number of fused-ring (bicyclic) bond motifs is 1. The van der Waals surface area contributed by atoms with Crippen LogP contribution >= 0.6 is 11.6 Å². The average Bonchev–Trinajstić information content (AvgIpc) is 2.98. The summed E-state index contributed by atoms with van der Waals surface area (Å²) in [7, 11) is 1.76. The molecule has 6 heteroatoms. The summed E-state index contributed by atoms with van der Waals surface area (Å²) in [6.07, 6.45) is 5.80. The smallest absolute Gasteiger partial charge is 0.255 e. The number of amides is 1. The number of aromatic nitrogens is 2. The van der Waals surface area contributed by atoms with E-state index in [1.165, 1.54) is 11.5 Å². The van der Waals surface area contributed by atoms with Gasteiger partial charge < -0.3 is 4.90 Å². The second-order valence-electron chi connectivity index (χ2n) is 5.93. The van der Waals surface area contributed by atoms with Gasteiger partial charge in [-0.15, -0.1) is 0 Å². The highest BCUT2D eigenvalue weighted by molar-refractivity contribution is 6.31. The summed E-state index contributed by atoms with van der Waals surface area (Å²) < 4.78 is 1.46. The number of likely N-dealkylation sites (N-methyl/N-ethyl adjacent to an activating group) is 1. The molecule has 25 heavy (non-hydrogen) atoms. The topological polar surface area (TPSA) is 55.2 Å². The van der Waals surface area contributed by atoms with Gasteiger partial charge in [-0.25, -0.2) is 0 Å². The fourth-order valence-electron chi connectivity index (χ4n) is 2.78. The summed E-state index contributed by atoms with van der Waals surface area (Å²) in [5.41, 5.74) is 2.26. The van der Waals surface area contributed by atoms with Crippen LogP contribution in [0.25, 0.3) is 10.9 Å². The van der Waals surface area contributed by atoms with Gasteiger partial charge in [-0.2, -0.15) is 0 Å². The molecule has 0 unspecified atom stereocenters. The number of pyridine rings is 1. The number of carbonyl (C=O) groups excluding carboxylic acids is 2. The lowest BCUT2D eigenvalue weighted by molar-refractivity contribution is 0.0798. The number of nitrogens with zero attached hydrogens (tertiary/aromatic N) is 3. The molecule has 0 saturated heterocycles. The number of rotatable bonds is 4. The zero-order valence-electron chi connectivity index (χ0n) is 14.1. The van der Waals surface area contributed by atoms with Crippen LogP contribution in [0, 0.1) is 0 Å². The number of carbonyl (C=O) groups is 2. The van der Waals surface area contributed by atoms with Gasteiger partial charge in [0, 0.05) is 49.5 Å². The van der Waals surface area contributed by atoms with Gasteiger partial charge in [0.05, 0.1) is 11.1 Å². The van der Waals surface area contributed by atoms with Crippen molar-refractivity contribution in [3.05, 3.63) is 65.1 Å². The van der Waals surface area contributed by atoms with Crippen molar-refractivity contribution in [2.75, 3.05) is 13.6 Å². The van der Waals surface area contributed by atoms with Gasteiger partial charge >= 0.3 is 0 Å². The summed E-state index contributed by atoms with van der Waals surface area (Å²) in [4.78, 5) is 30.4. The molecule has 2 heterocycles. The normalized spacial score (nSPS) is 10.8. The second kappa shape index (κ2) is 7.07. The third-order valence-electron chi connectivity index (χ3n) is 4.17. The van der Waals surface area contributed by atoms with E-state index in [1.807, 2.05) is 12.1 Å². The van der Waals surface area contributed by atoms with E-state index in [-0.39, 0.29) is 11.8 Å². The molecule has 2 aromatic heterocycles. The predicted octanol–water partition coefficient (Wildman–Crippen LogP) is 3.66. The molecule has 3 aromatic rings. The molecule has 0 spiro atoms. The van der Waals surface area contributed by atoms with Crippen molar-refractivity contribution < 1.29 is 9.59 Å². The first-order chi connectivity index (χ1) is 12.0. The Labute approximate surface area is 150 Å². The van der Waals surface area contributed by atoms with E-state index in [1.54, 1.807) is 48.7 Å². The molecule has 3 rings (SSSR count). The molecular formula is C19H18ClN3O2. The molecule has 0 fully saturated rings. The van der Waals surface area contributed by atoms with Crippen LogP contribution in [0.3, 0.4) is 0 Å². The van der Waals surface area contributed by atoms with Gasteiger partial charge in [0.25, 0.3) is 5.91 Å². The van der Waals surface area contributed by atoms with Crippen LogP contribution in [-0.4, -0.2) is 39.9 Å². The fraction of sp³-hybridized carbons (Fsp3) is 0.211. The maximum absolute atomic E-state index is 12.9. The van der Waals surface area contributed by atoms with Gasteiger partial charge in [0.1, 0.15) is 0 Å². The largest absolute Gasteiger partial charge is 0.341 e. The Bertz CT molecular complexity index is 934. The van der Waals surface area contributed by atoms with Crippen molar-refractivity contribution in [3.8, 4) is 0 Å². The number of halogens is 1. The second-order valence-corrected chi connectivity index (χ2v) is 6.36. The summed E-state index contributed by atoms with van der Waals surface area (Å²) in [5, 5.41) is 1.25. The Hall–Kier alpha value is -2.66. The maximum atomic E-state index is 12.9. The Morgan fingerprint density at radius 2 is 1.92 bits per heavy atom. The number of benzene rings is 1. The molecular weight excluding hydrogens is 338 g/mol. The zero-order valence-corrected chi connectivity index (χ0v) is 14.8. The van der Waals surface area contributed by atoms with Gasteiger partial charge in [-0.3, -0.25) is 19.1 Å². The monoisotopic (exact) mass is 355 g/mol. The highest BCUT2D eigenvalue weighted by Gasteiger charge is 2.20. The molecule has 1 aromatic carbocycles. The standard InChI is InChI=1S/C19H18ClN3O2/c1-13(24)23-12-17(16-4-3-15(20)11-18(16)23)19(25)22(2)10-7-14-5-8-21-9-6-14/h3-6,8-9,11-12H,7,10H2,1-2H3. The highest BCUT2D eigenvalue weighted by Crippen LogP contribution is 2.26. The molecule has 0 N–H and O–H groups in total. The molecule has 0 bridgehead atoms. The summed E-state index contributed by atoms with van der Waals surface area (Å²) in [6, 6.07) is 9.07. The molecule has 0 radical (unpaired) electrons. The van der Waals surface area contributed by atoms with Gasteiger partial charge in [0.2, 0.25) is 5.91 Å². The van der Waals surface area contributed by atoms with Crippen LogP contribution in [0.2, 0.25) is 5.02 Å². The average molecular weight is 356 g/mol. The van der Waals surface area contributed by atoms with Crippen molar-refractivity contribution in [1.29, 1.82) is 0 Å². The van der Waals surface area contributed by atoms with Crippen molar-refractivity contribution in [3.63, 3.8) is 0 Å². The Balaban J connectivity index is 1.87. The zero-order chi connectivity index (χ0) is 18.0. The van der Waals surface area contributed by atoms with E-state index < -0.39 is 0 Å². The van der Waals surface area contributed by atoms with Crippen molar-refractivity contribution in [2.24, 2.45) is 0 Å². The van der Waals surface area contributed by atoms with Crippen LogP contribution in [0.4, 0.5) is 0 Å². The number of hydrogen-bond donors (Lipinski definition) is 0. The van der Waals surface area contributed by atoms with Crippen molar-refractivity contribution >= 4 is 34.3 Å². The van der Waals surface area contributed by atoms with E-state index in [2.05, 4.69) is 4.98 Å². The van der Waals surface area contributed by atoms with Gasteiger partial charge in [0.15, 0.2) is 0 Å². The molecule has 5 nitrogen and oxygen atoms in total. The summed E-state index contributed by atoms with van der Waals surface area (Å²) >= 11 is 6.04. The first kappa shape index (κ1) is 17.2. The van der Waals surface area contributed by atoms with E-state index >= 15 is 0 Å². The SMILES string of the molecule is CC(=O)n1cc(C(=O)N(C)CCc2ccncc2)c2ccc(Cl)cc21. The van der Waals surface area contributed by atoms with E-state index in [0.717, 1.165) is 17.4 Å². The summed E-state index contributed by atoms with van der Waals surface area (Å²) in [5.74, 6) is -0.285. The van der Waals surface area contributed by atoms with Crippen LogP contribution in [-0.2, 0) is 6.42 Å². The lowest BCUT2D eigenvalue weighted by Gasteiger charge is -2.16. The molecule has 0 atom stereocenters. The van der Waals surface area contributed by atoms with Crippen LogP contribution in [0.1, 0.15) is 27.6 Å². The number of hydrogen-bond acceptors (Lipinski definition) is 3. The van der Waals surface area contributed by atoms with E-state index in [4.69, 9.17) is 11.6 Å². The lowest BCUT2D eigenvalue weighted by atomic mass is 10.1. The summed E-state index contributed by atoms with van der Waals surface area (Å²) in [6.45, 7) is 2.03. The van der Waals surface area contributed by atoms with Crippen LogP contribution in [0.5, 0.6) is 0 Å². The minimum Gasteiger partial charge on any atom is -0.341 e. The Morgan fingerprint density at radius 1 is 1.20 bits per heavy atom. The van der Waals surface area contributed by atoms with Crippen molar-refractivity contribution in [2.45, 2.75) is 13.3 Å². The molecule has 128 valence electrons. The maximum Gasteiger partial charge on any atom is 0.255 e. The van der Waals surface area contributed by atoms with Crippen molar-refractivity contribution in [1.82, 2.24) is 14.5 Å². The van der Waals surface area contributed by atoms with Crippen LogP contribution < -0.4 is 0 Å².